The third-order valence-corrected chi connectivity index (χ3v) is 4.21. The third kappa shape index (κ3) is 1.82. The summed E-state index contributed by atoms with van der Waals surface area (Å²) in [5, 5.41) is 0. The lowest BCUT2D eigenvalue weighted by molar-refractivity contribution is -0.136. The monoisotopic (exact) mass is 207 g/mol. The second-order valence-corrected chi connectivity index (χ2v) is 5.33. The summed E-state index contributed by atoms with van der Waals surface area (Å²) in [5.74, 6) is 2.46. The Morgan fingerprint density at radius 1 is 1.47 bits per heavy atom. The van der Waals surface area contributed by atoms with E-state index in [1.165, 1.54) is 25.3 Å². The van der Waals surface area contributed by atoms with Gasteiger partial charge in [0.15, 0.2) is 0 Å². The Morgan fingerprint density at radius 2 is 2.20 bits per heavy atom. The van der Waals surface area contributed by atoms with Crippen molar-refractivity contribution < 1.29 is 4.79 Å². The minimum Gasteiger partial charge on any atom is -0.336 e. The number of hydrogen-bond acceptors (Lipinski definition) is 1. The van der Waals surface area contributed by atoms with Crippen LogP contribution in [0.25, 0.3) is 0 Å². The van der Waals surface area contributed by atoms with Gasteiger partial charge in [-0.1, -0.05) is 20.4 Å². The van der Waals surface area contributed by atoms with Gasteiger partial charge in [-0.25, -0.2) is 0 Å². The molecule has 2 aliphatic heterocycles. The van der Waals surface area contributed by atoms with Crippen LogP contribution in [0.2, 0.25) is 0 Å². The molecule has 3 unspecified atom stereocenters. The van der Waals surface area contributed by atoms with E-state index in [-0.39, 0.29) is 5.91 Å². The van der Waals surface area contributed by atoms with Gasteiger partial charge in [-0.3, -0.25) is 4.79 Å². The van der Waals surface area contributed by atoms with Crippen LogP contribution in [0.3, 0.4) is 0 Å². The average molecular weight is 207 g/mol. The van der Waals surface area contributed by atoms with E-state index in [1.54, 1.807) is 0 Å². The van der Waals surface area contributed by atoms with Gasteiger partial charge < -0.3 is 4.90 Å². The summed E-state index contributed by atoms with van der Waals surface area (Å²) in [7, 11) is 0. The zero-order valence-corrected chi connectivity index (χ0v) is 9.78. The molecule has 0 aromatic rings. The Kier molecular flexibility index (Phi) is 2.85. The fraction of sp³-hybridized carbons (Fsp3) is 0.769. The Hall–Kier alpha value is -0.790. The van der Waals surface area contributed by atoms with Crippen molar-refractivity contribution >= 4 is 5.91 Å². The number of nitrogens with zero attached hydrogens (tertiary/aromatic N) is 1. The third-order valence-electron chi connectivity index (χ3n) is 4.21. The van der Waals surface area contributed by atoms with Crippen molar-refractivity contribution in [2.45, 2.75) is 39.2 Å². The smallest absolute Gasteiger partial charge is 0.246 e. The van der Waals surface area contributed by atoms with Gasteiger partial charge >= 0.3 is 0 Å². The van der Waals surface area contributed by atoms with E-state index in [0.717, 1.165) is 24.3 Å². The first-order valence-electron chi connectivity index (χ1n) is 6.06. The molecule has 3 aliphatic rings. The normalized spacial score (nSPS) is 34.6. The number of carbonyl (C=O) groups excluding carboxylic acids is 1. The summed E-state index contributed by atoms with van der Waals surface area (Å²) >= 11 is 0. The van der Waals surface area contributed by atoms with Crippen LogP contribution in [0.4, 0.5) is 0 Å². The van der Waals surface area contributed by atoms with Crippen LogP contribution in [-0.4, -0.2) is 23.4 Å². The molecule has 0 aromatic carbocycles. The first-order chi connectivity index (χ1) is 7.13. The Bertz CT molecular complexity index is 272. The average Bonchev–Trinajstić information content (AvgIpc) is 2.28. The van der Waals surface area contributed by atoms with E-state index in [1.807, 2.05) is 4.90 Å². The molecule has 0 spiro atoms. The number of piperidine rings is 2. The van der Waals surface area contributed by atoms with E-state index in [9.17, 15) is 4.79 Å². The molecule has 0 N–H and O–H groups in total. The van der Waals surface area contributed by atoms with E-state index < -0.39 is 0 Å². The molecule has 84 valence electrons. The van der Waals surface area contributed by atoms with Crippen molar-refractivity contribution in [2.75, 3.05) is 6.54 Å². The van der Waals surface area contributed by atoms with E-state index in [0.29, 0.717) is 6.04 Å². The van der Waals surface area contributed by atoms with Crippen molar-refractivity contribution in [1.82, 2.24) is 4.90 Å². The van der Waals surface area contributed by atoms with Crippen LogP contribution in [0.15, 0.2) is 12.7 Å². The van der Waals surface area contributed by atoms with Gasteiger partial charge in [0, 0.05) is 12.6 Å². The largest absolute Gasteiger partial charge is 0.336 e. The second kappa shape index (κ2) is 3.99. The summed E-state index contributed by atoms with van der Waals surface area (Å²) in [6.45, 7) is 9.17. The highest BCUT2D eigenvalue weighted by Crippen LogP contribution is 2.42. The van der Waals surface area contributed by atoms with Crippen LogP contribution >= 0.6 is 0 Å². The molecular formula is C13H21NO. The highest BCUT2D eigenvalue weighted by molar-refractivity contribution is 5.87. The Labute approximate surface area is 92.3 Å². The maximum Gasteiger partial charge on any atom is 0.246 e. The molecule has 2 bridgehead atoms. The number of carbonyl (C=O) groups is 1. The second-order valence-electron chi connectivity index (χ2n) is 5.33. The zero-order chi connectivity index (χ0) is 11.0. The molecule has 2 nitrogen and oxygen atoms in total. The van der Waals surface area contributed by atoms with Crippen molar-refractivity contribution in [2.24, 2.45) is 17.8 Å². The summed E-state index contributed by atoms with van der Waals surface area (Å²) < 4.78 is 0. The molecule has 1 aliphatic carbocycles. The molecule has 15 heavy (non-hydrogen) atoms. The maximum absolute atomic E-state index is 11.6. The van der Waals surface area contributed by atoms with E-state index >= 15 is 0 Å². The van der Waals surface area contributed by atoms with Gasteiger partial charge in [0.1, 0.15) is 0 Å². The molecule has 3 rings (SSSR count). The first kappa shape index (κ1) is 10.7. The molecule has 0 radical (unpaired) electrons. The molecule has 1 saturated carbocycles. The molecule has 1 amide bonds. The zero-order valence-electron chi connectivity index (χ0n) is 9.78. The number of hydrogen-bond donors (Lipinski definition) is 0. The lowest BCUT2D eigenvalue weighted by Gasteiger charge is -2.50. The quantitative estimate of drug-likeness (QED) is 0.637. The summed E-state index contributed by atoms with van der Waals surface area (Å²) in [4.78, 5) is 13.7. The van der Waals surface area contributed by atoms with E-state index in [2.05, 4.69) is 20.4 Å². The van der Waals surface area contributed by atoms with Crippen molar-refractivity contribution in [3.8, 4) is 0 Å². The van der Waals surface area contributed by atoms with Crippen molar-refractivity contribution in [3.63, 3.8) is 0 Å². The van der Waals surface area contributed by atoms with Crippen LogP contribution in [-0.2, 0) is 4.79 Å². The predicted molar refractivity (Wildman–Crippen MR) is 61.4 cm³/mol. The number of rotatable bonds is 2. The SMILES string of the molecule is C=CC(=O)N1CC2CCC1CC2C(C)C. The lowest BCUT2D eigenvalue weighted by Crippen LogP contribution is -2.54. The van der Waals surface area contributed by atoms with Gasteiger partial charge in [0.05, 0.1) is 0 Å². The van der Waals surface area contributed by atoms with Gasteiger partial charge in [-0.15, -0.1) is 0 Å². The Morgan fingerprint density at radius 3 is 2.67 bits per heavy atom. The van der Waals surface area contributed by atoms with Gasteiger partial charge in [0.2, 0.25) is 5.91 Å². The number of fused-ring (bicyclic) bond motifs is 3. The fourth-order valence-electron chi connectivity index (χ4n) is 3.36. The maximum atomic E-state index is 11.6. The summed E-state index contributed by atoms with van der Waals surface area (Å²) in [6.07, 6.45) is 5.19. The topological polar surface area (TPSA) is 20.3 Å². The van der Waals surface area contributed by atoms with Crippen molar-refractivity contribution in [3.05, 3.63) is 12.7 Å². The highest BCUT2D eigenvalue weighted by Gasteiger charge is 2.42. The highest BCUT2D eigenvalue weighted by atomic mass is 16.2. The standard InChI is InChI=1S/C13H21NO/c1-4-13(15)14-8-10-5-6-11(14)7-12(10)9(2)3/h4,9-12H,1,5-8H2,2-3H3. The van der Waals surface area contributed by atoms with E-state index in [4.69, 9.17) is 0 Å². The molecular weight excluding hydrogens is 186 g/mol. The summed E-state index contributed by atoms with van der Waals surface area (Å²) in [5.41, 5.74) is 0. The Balaban J connectivity index is 2.08. The van der Waals surface area contributed by atoms with Gasteiger partial charge in [0.25, 0.3) is 0 Å². The van der Waals surface area contributed by atoms with Gasteiger partial charge in [-0.2, -0.15) is 0 Å². The molecule has 2 heterocycles. The van der Waals surface area contributed by atoms with Crippen LogP contribution < -0.4 is 0 Å². The van der Waals surface area contributed by atoms with Crippen LogP contribution in [0, 0.1) is 17.8 Å². The lowest BCUT2D eigenvalue weighted by atomic mass is 9.68. The summed E-state index contributed by atoms with van der Waals surface area (Å²) in [6, 6.07) is 0.493. The molecule has 0 aromatic heterocycles. The predicted octanol–water partition coefficient (Wildman–Crippen LogP) is 2.46. The molecule has 3 fully saturated rings. The van der Waals surface area contributed by atoms with Crippen LogP contribution in [0.5, 0.6) is 0 Å². The minimum absolute atomic E-state index is 0.131. The minimum atomic E-state index is 0.131. The molecule has 3 atom stereocenters. The molecule has 2 saturated heterocycles. The first-order valence-corrected chi connectivity index (χ1v) is 6.06. The number of amides is 1. The fourth-order valence-corrected chi connectivity index (χ4v) is 3.36. The van der Waals surface area contributed by atoms with Crippen molar-refractivity contribution in [1.29, 1.82) is 0 Å². The molecule has 2 heteroatoms. The van der Waals surface area contributed by atoms with Gasteiger partial charge in [-0.05, 0) is 43.1 Å². The van der Waals surface area contributed by atoms with Crippen LogP contribution in [0.1, 0.15) is 33.1 Å².